The first-order chi connectivity index (χ1) is 18.2. The molecule has 0 aliphatic carbocycles. The Hall–Kier alpha value is -3.72. The first-order valence-electron chi connectivity index (χ1n) is 12.2. The summed E-state index contributed by atoms with van der Waals surface area (Å²) in [4.78, 5) is 17.1. The second-order valence-electron chi connectivity index (χ2n) is 10.1. The largest absolute Gasteiger partial charge is 0.309 e. The van der Waals surface area contributed by atoms with Gasteiger partial charge in [0.05, 0.1) is 0 Å². The predicted octanol–water partition coefficient (Wildman–Crippen LogP) is 3.84. The molecule has 8 heteroatoms. The molecular formula is C30H28N4O2P2. The van der Waals surface area contributed by atoms with Gasteiger partial charge in [-0.05, 0) is 77.7 Å². The maximum Gasteiger partial charge on any atom is 0.174 e. The Labute approximate surface area is 223 Å². The van der Waals surface area contributed by atoms with E-state index in [9.17, 15) is 0 Å². The number of aromatic nitrogens is 4. The SMILES string of the molecule is CC(C)(C)c1cc(P(=O)(c2cccnc2)c2cccnc2)cc(P(=O)(c2cccnc2)c2cccnc2)c1. The molecule has 0 spiro atoms. The number of rotatable bonds is 6. The highest BCUT2D eigenvalue weighted by atomic mass is 31.2. The first-order valence-corrected chi connectivity index (χ1v) is 15.6. The fourth-order valence-electron chi connectivity index (χ4n) is 4.45. The average Bonchev–Trinajstić information content (AvgIpc) is 2.97. The molecular weight excluding hydrogens is 510 g/mol. The van der Waals surface area contributed by atoms with Crippen LogP contribution in [0.2, 0.25) is 0 Å². The van der Waals surface area contributed by atoms with Gasteiger partial charge in [0.1, 0.15) is 0 Å². The zero-order valence-corrected chi connectivity index (χ0v) is 23.3. The summed E-state index contributed by atoms with van der Waals surface area (Å²) in [7, 11) is -6.86. The van der Waals surface area contributed by atoms with Gasteiger partial charge in [-0.2, -0.15) is 0 Å². The van der Waals surface area contributed by atoms with Crippen molar-refractivity contribution < 1.29 is 9.13 Å². The molecule has 0 unspecified atom stereocenters. The lowest BCUT2D eigenvalue weighted by Gasteiger charge is -2.27. The van der Waals surface area contributed by atoms with E-state index < -0.39 is 14.3 Å². The van der Waals surface area contributed by atoms with Crippen LogP contribution < -0.4 is 31.8 Å². The highest BCUT2D eigenvalue weighted by Gasteiger charge is 2.36. The summed E-state index contributed by atoms with van der Waals surface area (Å²) in [6.45, 7) is 6.27. The van der Waals surface area contributed by atoms with Gasteiger partial charge in [0.25, 0.3) is 0 Å². The van der Waals surface area contributed by atoms with Crippen molar-refractivity contribution in [2.45, 2.75) is 26.2 Å². The first kappa shape index (κ1) is 25.9. The number of nitrogens with zero attached hydrogens (tertiary/aromatic N) is 4. The van der Waals surface area contributed by atoms with Gasteiger partial charge in [-0.1, -0.05) is 20.8 Å². The molecule has 0 aliphatic heterocycles. The lowest BCUT2D eigenvalue weighted by molar-refractivity contribution is 0.588. The molecule has 0 amide bonds. The third-order valence-electron chi connectivity index (χ3n) is 6.53. The van der Waals surface area contributed by atoms with Crippen LogP contribution in [0.4, 0.5) is 0 Å². The minimum absolute atomic E-state index is 0.311. The second kappa shape index (κ2) is 10.2. The van der Waals surface area contributed by atoms with Gasteiger partial charge in [-0.25, -0.2) is 0 Å². The van der Waals surface area contributed by atoms with Gasteiger partial charge in [0.15, 0.2) is 14.3 Å². The van der Waals surface area contributed by atoms with E-state index in [-0.39, 0.29) is 5.41 Å². The zero-order chi connectivity index (χ0) is 26.8. The van der Waals surface area contributed by atoms with E-state index in [2.05, 4.69) is 40.7 Å². The van der Waals surface area contributed by atoms with E-state index in [0.717, 1.165) is 5.56 Å². The molecule has 0 N–H and O–H groups in total. The fraction of sp³-hybridized carbons (Fsp3) is 0.133. The van der Waals surface area contributed by atoms with Crippen molar-refractivity contribution in [3.8, 4) is 0 Å². The number of hydrogen-bond donors (Lipinski definition) is 0. The summed E-state index contributed by atoms with van der Waals surface area (Å²) in [6.07, 6.45) is 13.2. The Morgan fingerprint density at radius 3 is 1.05 bits per heavy atom. The van der Waals surface area contributed by atoms with Gasteiger partial charge in [-0.15, -0.1) is 0 Å². The average molecular weight is 539 g/mol. The third kappa shape index (κ3) is 4.67. The molecule has 0 atom stereocenters. The standard InChI is InChI=1S/C30H28N4O2P2/c1-30(2,3)23-16-28(37(35,24-8-4-12-31-19-24)25-9-5-13-32-20-25)18-29(17-23)38(36,26-10-6-14-33-21-26)27-11-7-15-34-22-27/h4-22H,1-3H3. The van der Waals surface area contributed by atoms with Gasteiger partial charge >= 0.3 is 0 Å². The lowest BCUT2D eigenvalue weighted by atomic mass is 9.87. The number of hydrogen-bond acceptors (Lipinski definition) is 6. The Kier molecular flexibility index (Phi) is 6.96. The molecule has 0 aliphatic rings. The number of benzene rings is 1. The summed E-state index contributed by atoms with van der Waals surface area (Å²) in [5.41, 5.74) is 0.611. The molecule has 0 fully saturated rings. The van der Waals surface area contributed by atoms with Crippen molar-refractivity contribution in [3.05, 3.63) is 122 Å². The summed E-state index contributed by atoms with van der Waals surface area (Å²) >= 11 is 0. The Morgan fingerprint density at radius 1 is 0.500 bits per heavy atom. The normalized spacial score (nSPS) is 12.3. The van der Waals surface area contributed by atoms with E-state index in [1.807, 2.05) is 42.5 Å². The molecule has 38 heavy (non-hydrogen) atoms. The molecule has 5 rings (SSSR count). The van der Waals surface area contributed by atoms with Crippen LogP contribution in [0.1, 0.15) is 26.3 Å². The van der Waals surface area contributed by atoms with Crippen LogP contribution in [0, 0.1) is 0 Å². The van der Waals surface area contributed by atoms with Crippen molar-refractivity contribution in [1.29, 1.82) is 0 Å². The predicted molar refractivity (Wildman–Crippen MR) is 155 cm³/mol. The smallest absolute Gasteiger partial charge is 0.174 e. The van der Waals surface area contributed by atoms with Crippen molar-refractivity contribution in [2.24, 2.45) is 0 Å². The quantitative estimate of drug-likeness (QED) is 0.306. The summed E-state index contributed by atoms with van der Waals surface area (Å²) in [5, 5.41) is 3.50. The maximum atomic E-state index is 15.3. The second-order valence-corrected chi connectivity index (χ2v) is 15.6. The fourth-order valence-corrected chi connectivity index (χ4v) is 9.72. The maximum absolute atomic E-state index is 15.3. The van der Waals surface area contributed by atoms with E-state index >= 15 is 9.13 Å². The monoisotopic (exact) mass is 538 g/mol. The van der Waals surface area contributed by atoms with E-state index in [1.54, 1.807) is 73.8 Å². The third-order valence-corrected chi connectivity index (χ3v) is 12.5. The van der Waals surface area contributed by atoms with Crippen LogP contribution in [0.25, 0.3) is 0 Å². The summed E-state index contributed by atoms with van der Waals surface area (Å²) < 4.78 is 30.5. The van der Waals surface area contributed by atoms with Crippen LogP contribution >= 0.6 is 14.3 Å². The molecule has 6 nitrogen and oxygen atoms in total. The van der Waals surface area contributed by atoms with Gasteiger partial charge in [0, 0.05) is 81.4 Å². The van der Waals surface area contributed by atoms with Crippen LogP contribution in [0.3, 0.4) is 0 Å². The van der Waals surface area contributed by atoms with Gasteiger partial charge < -0.3 is 9.13 Å². The van der Waals surface area contributed by atoms with Crippen LogP contribution in [-0.2, 0) is 14.5 Å². The molecule has 0 saturated heterocycles. The molecule has 5 aromatic rings. The molecule has 4 aromatic heterocycles. The Balaban J connectivity index is 1.88. The topological polar surface area (TPSA) is 85.7 Å². The Morgan fingerprint density at radius 2 is 0.816 bits per heavy atom. The Bertz CT molecular complexity index is 1440. The summed E-state index contributed by atoms with van der Waals surface area (Å²) in [5.74, 6) is 0. The van der Waals surface area contributed by atoms with Crippen molar-refractivity contribution >= 4 is 46.1 Å². The molecule has 0 radical (unpaired) electrons. The number of pyridine rings is 4. The molecule has 190 valence electrons. The van der Waals surface area contributed by atoms with Gasteiger partial charge in [-0.3, -0.25) is 19.9 Å². The van der Waals surface area contributed by atoms with Crippen molar-refractivity contribution in [2.75, 3.05) is 0 Å². The summed E-state index contributed by atoms with van der Waals surface area (Å²) in [6, 6.07) is 20.2. The van der Waals surface area contributed by atoms with Crippen LogP contribution in [0.5, 0.6) is 0 Å². The van der Waals surface area contributed by atoms with Crippen LogP contribution in [0.15, 0.2) is 116 Å². The minimum Gasteiger partial charge on any atom is -0.309 e. The zero-order valence-electron chi connectivity index (χ0n) is 21.5. The molecule has 1 aromatic carbocycles. The van der Waals surface area contributed by atoms with Crippen LogP contribution in [-0.4, -0.2) is 19.9 Å². The van der Waals surface area contributed by atoms with E-state index in [1.165, 1.54) is 0 Å². The highest BCUT2D eigenvalue weighted by Crippen LogP contribution is 2.46. The minimum atomic E-state index is -3.43. The van der Waals surface area contributed by atoms with Crippen molar-refractivity contribution in [3.63, 3.8) is 0 Å². The molecule has 0 saturated carbocycles. The van der Waals surface area contributed by atoms with E-state index in [0.29, 0.717) is 31.8 Å². The van der Waals surface area contributed by atoms with Gasteiger partial charge in [0.2, 0.25) is 0 Å². The lowest BCUT2D eigenvalue weighted by Crippen LogP contribution is -2.33. The highest BCUT2D eigenvalue weighted by molar-refractivity contribution is 7.86. The van der Waals surface area contributed by atoms with E-state index in [4.69, 9.17) is 0 Å². The molecule has 4 heterocycles. The van der Waals surface area contributed by atoms with Crippen molar-refractivity contribution in [1.82, 2.24) is 19.9 Å². The molecule has 0 bridgehead atoms.